The van der Waals surface area contributed by atoms with E-state index in [2.05, 4.69) is 26.5 Å². The highest BCUT2D eigenvalue weighted by molar-refractivity contribution is 9.10. The van der Waals surface area contributed by atoms with E-state index in [0.29, 0.717) is 11.3 Å². The summed E-state index contributed by atoms with van der Waals surface area (Å²) in [5.74, 6) is -0.263. The number of benzene rings is 2. The Bertz CT molecular complexity index is 753. The van der Waals surface area contributed by atoms with Gasteiger partial charge in [0.2, 0.25) is 0 Å². The Morgan fingerprint density at radius 2 is 2.17 bits per heavy atom. The number of nitrogens with zero attached hydrogens (tertiary/aromatic N) is 1. The average Bonchev–Trinajstić information content (AvgIpc) is 2.50. The molecule has 0 saturated heterocycles. The van der Waals surface area contributed by atoms with Crippen molar-refractivity contribution in [3.63, 3.8) is 0 Å². The van der Waals surface area contributed by atoms with Crippen LogP contribution in [0.3, 0.4) is 0 Å². The molecule has 2 aromatic carbocycles. The fourth-order valence-electron chi connectivity index (χ4n) is 1.67. The maximum atomic E-state index is 12.9. The minimum absolute atomic E-state index is 0.171. The standard InChI is InChI=1S/C16H13BrClFN2O2/c1-10-6-13(4-5-14(10)17)23-9-16(22)21-20-8-11-2-3-12(19)7-15(11)18/h2-8H,9H2,1H3,(H,21,22)/b20-8+. The van der Waals surface area contributed by atoms with Gasteiger partial charge in [0.1, 0.15) is 11.6 Å². The van der Waals surface area contributed by atoms with E-state index in [1.807, 2.05) is 19.1 Å². The minimum Gasteiger partial charge on any atom is -0.484 e. The number of hydrogen-bond acceptors (Lipinski definition) is 3. The molecule has 0 aromatic heterocycles. The predicted molar refractivity (Wildman–Crippen MR) is 91.5 cm³/mol. The number of ether oxygens (including phenoxy) is 1. The predicted octanol–water partition coefficient (Wildman–Crippen LogP) is 4.08. The fraction of sp³-hybridized carbons (Fsp3) is 0.125. The van der Waals surface area contributed by atoms with E-state index in [1.54, 1.807) is 6.07 Å². The lowest BCUT2D eigenvalue weighted by atomic mass is 10.2. The van der Waals surface area contributed by atoms with Crippen LogP contribution in [0.15, 0.2) is 46.0 Å². The van der Waals surface area contributed by atoms with E-state index in [9.17, 15) is 9.18 Å². The maximum absolute atomic E-state index is 12.9. The molecular formula is C16H13BrClFN2O2. The molecule has 0 aliphatic rings. The quantitative estimate of drug-likeness (QED) is 0.608. The monoisotopic (exact) mass is 398 g/mol. The van der Waals surface area contributed by atoms with Crippen molar-refractivity contribution in [1.29, 1.82) is 0 Å². The Kier molecular flexibility index (Phi) is 6.12. The zero-order valence-corrected chi connectivity index (χ0v) is 14.5. The van der Waals surface area contributed by atoms with Crippen molar-refractivity contribution in [3.8, 4) is 5.75 Å². The lowest BCUT2D eigenvalue weighted by Gasteiger charge is -2.06. The summed E-state index contributed by atoms with van der Waals surface area (Å²) < 4.78 is 19.2. The molecule has 0 aliphatic carbocycles. The van der Waals surface area contributed by atoms with Crippen molar-refractivity contribution in [3.05, 3.63) is 62.8 Å². The summed E-state index contributed by atoms with van der Waals surface area (Å²) in [6, 6.07) is 9.31. The molecule has 2 rings (SSSR count). The zero-order valence-electron chi connectivity index (χ0n) is 12.1. The SMILES string of the molecule is Cc1cc(OCC(=O)N/N=C/c2ccc(F)cc2Cl)ccc1Br. The van der Waals surface area contributed by atoms with Gasteiger partial charge in [-0.15, -0.1) is 0 Å². The smallest absolute Gasteiger partial charge is 0.277 e. The molecule has 7 heteroatoms. The molecule has 0 unspecified atom stereocenters. The second kappa shape index (κ2) is 8.08. The topological polar surface area (TPSA) is 50.7 Å². The number of hydrogen-bond donors (Lipinski definition) is 1. The molecule has 0 aliphatic heterocycles. The van der Waals surface area contributed by atoms with E-state index in [4.69, 9.17) is 16.3 Å². The molecule has 23 heavy (non-hydrogen) atoms. The zero-order chi connectivity index (χ0) is 16.8. The van der Waals surface area contributed by atoms with Crippen LogP contribution in [0.25, 0.3) is 0 Å². The van der Waals surface area contributed by atoms with Gasteiger partial charge in [0.15, 0.2) is 6.61 Å². The molecule has 120 valence electrons. The molecule has 2 aromatic rings. The first-order valence-corrected chi connectivity index (χ1v) is 7.78. The van der Waals surface area contributed by atoms with Crippen LogP contribution in [-0.2, 0) is 4.79 Å². The van der Waals surface area contributed by atoms with Crippen LogP contribution in [0.4, 0.5) is 4.39 Å². The summed E-state index contributed by atoms with van der Waals surface area (Å²) >= 11 is 9.23. The third-order valence-electron chi connectivity index (χ3n) is 2.85. The number of carbonyl (C=O) groups excluding carboxylic acids is 1. The van der Waals surface area contributed by atoms with E-state index in [0.717, 1.165) is 10.0 Å². The average molecular weight is 400 g/mol. The van der Waals surface area contributed by atoms with Gasteiger partial charge >= 0.3 is 0 Å². The molecule has 0 fully saturated rings. The van der Waals surface area contributed by atoms with Gasteiger partial charge < -0.3 is 4.74 Å². The Morgan fingerprint density at radius 1 is 1.39 bits per heavy atom. The summed E-state index contributed by atoms with van der Waals surface area (Å²) in [5, 5.41) is 3.97. The first-order chi connectivity index (χ1) is 11.0. The maximum Gasteiger partial charge on any atom is 0.277 e. The van der Waals surface area contributed by atoms with E-state index in [-0.39, 0.29) is 11.6 Å². The highest BCUT2D eigenvalue weighted by atomic mass is 79.9. The van der Waals surface area contributed by atoms with Crippen molar-refractivity contribution in [2.24, 2.45) is 5.10 Å². The van der Waals surface area contributed by atoms with Crippen molar-refractivity contribution in [1.82, 2.24) is 5.43 Å². The van der Waals surface area contributed by atoms with Crippen LogP contribution >= 0.6 is 27.5 Å². The number of rotatable bonds is 5. The third-order valence-corrected chi connectivity index (χ3v) is 4.07. The highest BCUT2D eigenvalue weighted by Crippen LogP contribution is 2.21. The number of halogens is 3. The summed E-state index contributed by atoms with van der Waals surface area (Å²) in [6.07, 6.45) is 1.34. The third kappa shape index (κ3) is 5.33. The number of amides is 1. The van der Waals surface area contributed by atoms with Crippen LogP contribution in [0, 0.1) is 12.7 Å². The fourth-order valence-corrected chi connectivity index (χ4v) is 2.13. The molecule has 0 radical (unpaired) electrons. The number of nitrogens with one attached hydrogen (secondary N) is 1. The van der Waals surface area contributed by atoms with Crippen molar-refractivity contribution >= 4 is 39.7 Å². The normalized spacial score (nSPS) is 10.8. The first-order valence-electron chi connectivity index (χ1n) is 6.61. The van der Waals surface area contributed by atoms with Crippen molar-refractivity contribution in [2.75, 3.05) is 6.61 Å². The highest BCUT2D eigenvalue weighted by Gasteiger charge is 2.03. The molecule has 4 nitrogen and oxygen atoms in total. The summed E-state index contributed by atoms with van der Waals surface area (Å²) in [7, 11) is 0. The summed E-state index contributed by atoms with van der Waals surface area (Å²) in [6.45, 7) is 1.75. The van der Waals surface area contributed by atoms with E-state index >= 15 is 0 Å². The van der Waals surface area contributed by atoms with Gasteiger partial charge in [-0.25, -0.2) is 9.82 Å². The summed E-state index contributed by atoms with van der Waals surface area (Å²) in [5.41, 5.74) is 3.82. The van der Waals surface area contributed by atoms with Gasteiger partial charge in [0.05, 0.1) is 11.2 Å². The van der Waals surface area contributed by atoms with Crippen molar-refractivity contribution in [2.45, 2.75) is 6.92 Å². The second-order valence-corrected chi connectivity index (χ2v) is 5.92. The molecule has 0 heterocycles. The molecule has 0 saturated carbocycles. The van der Waals surface area contributed by atoms with Crippen LogP contribution in [-0.4, -0.2) is 18.7 Å². The molecular weight excluding hydrogens is 387 g/mol. The minimum atomic E-state index is -0.436. The lowest BCUT2D eigenvalue weighted by molar-refractivity contribution is -0.123. The van der Waals surface area contributed by atoms with Crippen LogP contribution < -0.4 is 10.2 Å². The van der Waals surface area contributed by atoms with E-state index < -0.39 is 11.7 Å². The van der Waals surface area contributed by atoms with Gasteiger partial charge in [-0.05, 0) is 48.9 Å². The lowest BCUT2D eigenvalue weighted by Crippen LogP contribution is -2.24. The van der Waals surface area contributed by atoms with Crippen LogP contribution in [0.2, 0.25) is 5.02 Å². The first kappa shape index (κ1) is 17.4. The largest absolute Gasteiger partial charge is 0.484 e. The van der Waals surface area contributed by atoms with E-state index in [1.165, 1.54) is 24.4 Å². The Balaban J connectivity index is 1.85. The van der Waals surface area contributed by atoms with Crippen LogP contribution in [0.1, 0.15) is 11.1 Å². The molecule has 1 N–H and O–H groups in total. The number of carbonyl (C=O) groups is 1. The molecule has 0 bridgehead atoms. The van der Waals surface area contributed by atoms with Crippen LogP contribution in [0.5, 0.6) is 5.75 Å². The molecule has 0 spiro atoms. The molecule has 0 atom stereocenters. The summed E-state index contributed by atoms with van der Waals surface area (Å²) in [4.78, 5) is 11.6. The number of aryl methyl sites for hydroxylation is 1. The second-order valence-electron chi connectivity index (χ2n) is 4.66. The van der Waals surface area contributed by atoms with Gasteiger partial charge in [-0.1, -0.05) is 27.5 Å². The Hall–Kier alpha value is -1.92. The van der Waals surface area contributed by atoms with Gasteiger partial charge in [-0.2, -0.15) is 5.10 Å². The molecule has 1 amide bonds. The number of hydrazone groups is 1. The Labute approximate surface area is 146 Å². The van der Waals surface area contributed by atoms with Crippen molar-refractivity contribution < 1.29 is 13.9 Å². The van der Waals surface area contributed by atoms with Gasteiger partial charge in [0.25, 0.3) is 5.91 Å². The van der Waals surface area contributed by atoms with Gasteiger partial charge in [0, 0.05) is 10.0 Å². The Morgan fingerprint density at radius 3 is 2.87 bits per heavy atom. The van der Waals surface area contributed by atoms with Gasteiger partial charge in [-0.3, -0.25) is 4.79 Å².